The van der Waals surface area contributed by atoms with Gasteiger partial charge in [0.1, 0.15) is 18.2 Å². The van der Waals surface area contributed by atoms with Crippen molar-refractivity contribution in [2.24, 2.45) is 0 Å². The van der Waals surface area contributed by atoms with E-state index in [1.807, 2.05) is 20.8 Å². The number of carbonyl (C=O) groups is 1. The molecule has 0 bridgehead atoms. The zero-order valence-electron chi connectivity index (χ0n) is 13.9. The van der Waals surface area contributed by atoms with Gasteiger partial charge in [-0.2, -0.15) is 0 Å². The van der Waals surface area contributed by atoms with Crippen molar-refractivity contribution in [1.29, 1.82) is 0 Å². The van der Waals surface area contributed by atoms with Gasteiger partial charge in [-0.15, -0.1) is 0 Å². The number of pyridine rings is 1. The summed E-state index contributed by atoms with van der Waals surface area (Å²) < 4.78 is 32.8. The first-order chi connectivity index (χ1) is 11.3. The first-order valence-electron chi connectivity index (χ1n) is 7.55. The molecule has 0 fully saturated rings. The molecule has 0 saturated carbocycles. The number of aromatic nitrogens is 1. The third-order valence-corrected chi connectivity index (χ3v) is 3.18. The lowest BCUT2D eigenvalue weighted by Crippen LogP contribution is -2.37. The number of hydrogen-bond acceptors (Lipinski definition) is 3. The molecule has 24 heavy (non-hydrogen) atoms. The SMILES string of the molecule is CC(C)(C)OCC(=O)N(Cc1ccccn1)c1ccc(F)cc1F. The topological polar surface area (TPSA) is 42.4 Å². The average Bonchev–Trinajstić information content (AvgIpc) is 2.51. The number of benzene rings is 1. The highest BCUT2D eigenvalue weighted by Crippen LogP contribution is 2.22. The number of amides is 1. The molecule has 6 heteroatoms. The van der Waals surface area contributed by atoms with Gasteiger partial charge in [-0.05, 0) is 45.0 Å². The molecule has 128 valence electrons. The van der Waals surface area contributed by atoms with Gasteiger partial charge >= 0.3 is 0 Å². The molecule has 0 N–H and O–H groups in total. The normalized spacial score (nSPS) is 11.4. The highest BCUT2D eigenvalue weighted by molar-refractivity contribution is 5.94. The number of anilines is 1. The Morgan fingerprint density at radius 2 is 1.96 bits per heavy atom. The molecule has 1 heterocycles. The van der Waals surface area contributed by atoms with Crippen molar-refractivity contribution in [2.45, 2.75) is 32.9 Å². The highest BCUT2D eigenvalue weighted by atomic mass is 19.1. The van der Waals surface area contributed by atoms with Gasteiger partial charge in [-0.3, -0.25) is 9.78 Å². The van der Waals surface area contributed by atoms with Crippen LogP contribution in [-0.2, 0) is 16.1 Å². The molecule has 1 amide bonds. The number of carbonyl (C=O) groups excluding carboxylic acids is 1. The van der Waals surface area contributed by atoms with Crippen LogP contribution in [0.15, 0.2) is 42.6 Å². The second kappa shape index (κ2) is 7.49. The number of ether oxygens (including phenoxy) is 1. The molecule has 0 radical (unpaired) electrons. The summed E-state index contributed by atoms with van der Waals surface area (Å²) in [6.45, 7) is 5.31. The van der Waals surface area contributed by atoms with Crippen molar-refractivity contribution in [3.05, 3.63) is 59.9 Å². The molecule has 4 nitrogen and oxygen atoms in total. The van der Waals surface area contributed by atoms with E-state index < -0.39 is 23.1 Å². The van der Waals surface area contributed by atoms with E-state index in [1.165, 1.54) is 11.0 Å². The van der Waals surface area contributed by atoms with Crippen LogP contribution in [0, 0.1) is 11.6 Å². The second-order valence-electron chi connectivity index (χ2n) is 6.30. The van der Waals surface area contributed by atoms with Crippen LogP contribution in [0.4, 0.5) is 14.5 Å². The maximum atomic E-state index is 14.1. The molecule has 0 unspecified atom stereocenters. The van der Waals surface area contributed by atoms with Crippen molar-refractivity contribution < 1.29 is 18.3 Å². The van der Waals surface area contributed by atoms with Gasteiger partial charge in [0.25, 0.3) is 5.91 Å². The van der Waals surface area contributed by atoms with Crippen molar-refractivity contribution in [1.82, 2.24) is 4.98 Å². The second-order valence-corrected chi connectivity index (χ2v) is 6.30. The van der Waals surface area contributed by atoms with Crippen LogP contribution >= 0.6 is 0 Å². The largest absolute Gasteiger partial charge is 0.366 e. The zero-order valence-corrected chi connectivity index (χ0v) is 13.9. The summed E-state index contributed by atoms with van der Waals surface area (Å²) in [6.07, 6.45) is 1.59. The lowest BCUT2D eigenvalue weighted by atomic mass is 10.2. The summed E-state index contributed by atoms with van der Waals surface area (Å²) in [5.41, 5.74) is 0.0723. The molecule has 0 aliphatic rings. The first kappa shape index (κ1) is 18.0. The minimum absolute atomic E-state index is 0.00966. The fourth-order valence-corrected chi connectivity index (χ4v) is 2.02. The maximum absolute atomic E-state index is 14.1. The van der Waals surface area contributed by atoms with Gasteiger partial charge in [0.05, 0.1) is 23.5 Å². The van der Waals surface area contributed by atoms with Gasteiger partial charge < -0.3 is 9.64 Å². The summed E-state index contributed by atoms with van der Waals surface area (Å²) in [5.74, 6) is -1.94. The summed E-state index contributed by atoms with van der Waals surface area (Å²) in [5, 5.41) is 0. The Morgan fingerprint density at radius 3 is 2.54 bits per heavy atom. The molecule has 1 aromatic carbocycles. The van der Waals surface area contributed by atoms with E-state index in [0.717, 1.165) is 12.1 Å². The molecule has 0 aliphatic heterocycles. The van der Waals surface area contributed by atoms with E-state index >= 15 is 0 Å². The Balaban J connectivity index is 2.28. The van der Waals surface area contributed by atoms with E-state index in [0.29, 0.717) is 5.69 Å². The van der Waals surface area contributed by atoms with Crippen LogP contribution in [0.1, 0.15) is 26.5 Å². The van der Waals surface area contributed by atoms with Crippen molar-refractivity contribution >= 4 is 11.6 Å². The Hall–Kier alpha value is -2.34. The zero-order chi connectivity index (χ0) is 17.7. The molecule has 0 spiro atoms. The van der Waals surface area contributed by atoms with Gasteiger partial charge in [-0.25, -0.2) is 8.78 Å². The van der Waals surface area contributed by atoms with Gasteiger partial charge in [0.2, 0.25) is 0 Å². The monoisotopic (exact) mass is 334 g/mol. The minimum atomic E-state index is -0.810. The fraction of sp³-hybridized carbons (Fsp3) is 0.333. The van der Waals surface area contributed by atoms with E-state index in [2.05, 4.69) is 4.98 Å². The number of rotatable bonds is 5. The summed E-state index contributed by atoms with van der Waals surface area (Å²) in [6, 6.07) is 8.35. The minimum Gasteiger partial charge on any atom is -0.366 e. The van der Waals surface area contributed by atoms with E-state index in [9.17, 15) is 13.6 Å². The smallest absolute Gasteiger partial charge is 0.253 e. The van der Waals surface area contributed by atoms with Gasteiger partial charge in [-0.1, -0.05) is 6.07 Å². The average molecular weight is 334 g/mol. The molecule has 0 atom stereocenters. The quantitative estimate of drug-likeness (QED) is 0.837. The lowest BCUT2D eigenvalue weighted by molar-refractivity contribution is -0.128. The third kappa shape index (κ3) is 5.09. The van der Waals surface area contributed by atoms with Crippen LogP contribution in [0.25, 0.3) is 0 Å². The van der Waals surface area contributed by atoms with Crippen molar-refractivity contribution in [3.63, 3.8) is 0 Å². The molecule has 2 aromatic rings. The standard InChI is InChI=1S/C18H20F2N2O2/c1-18(2,3)24-12-17(23)22(11-14-6-4-5-9-21-14)16-8-7-13(19)10-15(16)20/h4-10H,11-12H2,1-3H3. The Labute approximate surface area is 140 Å². The molecule has 1 aromatic heterocycles. The maximum Gasteiger partial charge on any atom is 0.253 e. The van der Waals surface area contributed by atoms with Gasteiger partial charge in [0.15, 0.2) is 0 Å². The predicted octanol–water partition coefficient (Wildman–Crippen LogP) is 3.71. The third-order valence-electron chi connectivity index (χ3n) is 3.18. The molecule has 0 saturated heterocycles. The number of nitrogens with zero attached hydrogens (tertiary/aromatic N) is 2. The predicted molar refractivity (Wildman–Crippen MR) is 87.5 cm³/mol. The Kier molecular flexibility index (Phi) is 5.62. The van der Waals surface area contributed by atoms with E-state index in [-0.39, 0.29) is 18.8 Å². The van der Waals surface area contributed by atoms with Crippen LogP contribution in [-0.4, -0.2) is 23.1 Å². The first-order valence-corrected chi connectivity index (χ1v) is 7.55. The van der Waals surface area contributed by atoms with Crippen LogP contribution in [0.2, 0.25) is 0 Å². The van der Waals surface area contributed by atoms with Crippen molar-refractivity contribution in [2.75, 3.05) is 11.5 Å². The Bertz CT molecular complexity index is 700. The number of halogens is 2. The fourth-order valence-electron chi connectivity index (χ4n) is 2.02. The number of hydrogen-bond donors (Lipinski definition) is 0. The van der Waals surface area contributed by atoms with Crippen LogP contribution in [0.3, 0.4) is 0 Å². The molecule has 0 aliphatic carbocycles. The Morgan fingerprint density at radius 1 is 1.21 bits per heavy atom. The highest BCUT2D eigenvalue weighted by Gasteiger charge is 2.22. The summed E-state index contributed by atoms with van der Waals surface area (Å²) in [4.78, 5) is 17.9. The van der Waals surface area contributed by atoms with Crippen LogP contribution < -0.4 is 4.90 Å². The summed E-state index contributed by atoms with van der Waals surface area (Å²) in [7, 11) is 0. The lowest BCUT2D eigenvalue weighted by Gasteiger charge is -2.26. The molecule has 2 rings (SSSR count). The van der Waals surface area contributed by atoms with E-state index in [4.69, 9.17) is 4.74 Å². The van der Waals surface area contributed by atoms with E-state index in [1.54, 1.807) is 24.4 Å². The van der Waals surface area contributed by atoms with Crippen molar-refractivity contribution in [3.8, 4) is 0 Å². The molecular formula is C18H20F2N2O2. The van der Waals surface area contributed by atoms with Gasteiger partial charge in [0, 0.05) is 12.3 Å². The van der Waals surface area contributed by atoms with Crippen LogP contribution in [0.5, 0.6) is 0 Å². The molecular weight excluding hydrogens is 314 g/mol. The summed E-state index contributed by atoms with van der Waals surface area (Å²) >= 11 is 0.